The van der Waals surface area contributed by atoms with Gasteiger partial charge in [-0.05, 0) is 49.9 Å². The Hall–Kier alpha value is -1.95. The van der Waals surface area contributed by atoms with Gasteiger partial charge in [0.2, 0.25) is 0 Å². The van der Waals surface area contributed by atoms with Gasteiger partial charge >= 0.3 is 6.36 Å². The van der Waals surface area contributed by atoms with E-state index in [-0.39, 0.29) is 5.75 Å². The fourth-order valence-corrected chi connectivity index (χ4v) is 3.55. The van der Waals surface area contributed by atoms with Crippen LogP contribution in [0.2, 0.25) is 0 Å². The fourth-order valence-electron chi connectivity index (χ4n) is 3.55. The molecule has 0 saturated carbocycles. The average Bonchev–Trinajstić information content (AvgIpc) is 2.86. The van der Waals surface area contributed by atoms with Gasteiger partial charge in [0.1, 0.15) is 5.75 Å². The van der Waals surface area contributed by atoms with Crippen molar-refractivity contribution in [1.29, 1.82) is 0 Å². The van der Waals surface area contributed by atoms with E-state index >= 15 is 0 Å². The van der Waals surface area contributed by atoms with Crippen LogP contribution in [0.1, 0.15) is 30.5 Å². The lowest BCUT2D eigenvalue weighted by atomic mass is 9.94. The van der Waals surface area contributed by atoms with E-state index in [1.165, 1.54) is 25.0 Å². The van der Waals surface area contributed by atoms with Gasteiger partial charge in [-0.3, -0.25) is 0 Å². The van der Waals surface area contributed by atoms with E-state index in [0.717, 1.165) is 54.0 Å². The van der Waals surface area contributed by atoms with Crippen molar-refractivity contribution in [3.63, 3.8) is 0 Å². The maximum atomic E-state index is 12.4. The van der Waals surface area contributed by atoms with Crippen molar-refractivity contribution in [2.45, 2.75) is 39.0 Å². The number of rotatable bonds is 6. The minimum absolute atomic E-state index is 0.168. The second-order valence-electron chi connectivity index (χ2n) is 6.70. The Morgan fingerprint density at radius 1 is 1.28 bits per heavy atom. The van der Waals surface area contributed by atoms with E-state index in [0.29, 0.717) is 0 Å². The number of hydrogen-bond donors (Lipinski definition) is 2. The molecule has 1 aliphatic rings. The Bertz CT molecular complexity index is 749. The minimum Gasteiger partial charge on any atom is -0.406 e. The number of benzene rings is 1. The van der Waals surface area contributed by atoms with Crippen LogP contribution < -0.4 is 10.1 Å². The number of allylic oxidation sites excluding steroid dienone is 2. The highest BCUT2D eigenvalue weighted by Crippen LogP contribution is 2.29. The second kappa shape index (κ2) is 7.52. The monoisotopic (exact) mass is 353 g/mol. The minimum atomic E-state index is -4.67. The van der Waals surface area contributed by atoms with E-state index in [1.807, 2.05) is 6.92 Å². The SMILES string of the molecule is Cc1[nH]c2ccc(OC(F)(F)F)cc2c1CC[NH2+]C[C@@H]1CC=CCC1. The molecule has 0 radical (unpaired) electrons. The quantitative estimate of drug-likeness (QED) is 0.601. The summed E-state index contributed by atoms with van der Waals surface area (Å²) < 4.78 is 41.3. The van der Waals surface area contributed by atoms with Crippen LogP contribution in [0.15, 0.2) is 30.4 Å². The van der Waals surface area contributed by atoms with Crippen molar-refractivity contribution in [3.8, 4) is 5.75 Å². The van der Waals surface area contributed by atoms with Crippen molar-refractivity contribution < 1.29 is 23.2 Å². The molecule has 3 rings (SSSR count). The molecule has 136 valence electrons. The lowest BCUT2D eigenvalue weighted by Gasteiger charge is -2.15. The van der Waals surface area contributed by atoms with Crippen LogP contribution in [0.4, 0.5) is 13.2 Å². The van der Waals surface area contributed by atoms with Crippen LogP contribution in [0.25, 0.3) is 10.9 Å². The molecular weight excluding hydrogens is 329 g/mol. The first-order valence-corrected chi connectivity index (χ1v) is 8.76. The molecule has 25 heavy (non-hydrogen) atoms. The predicted molar refractivity (Wildman–Crippen MR) is 91.6 cm³/mol. The van der Waals surface area contributed by atoms with Crippen molar-refractivity contribution in [1.82, 2.24) is 4.98 Å². The van der Waals surface area contributed by atoms with E-state index in [1.54, 1.807) is 6.07 Å². The molecule has 3 N–H and O–H groups in total. The lowest BCUT2D eigenvalue weighted by molar-refractivity contribution is -0.660. The van der Waals surface area contributed by atoms with Crippen molar-refractivity contribution in [2.75, 3.05) is 13.1 Å². The number of hydrogen-bond acceptors (Lipinski definition) is 1. The summed E-state index contributed by atoms with van der Waals surface area (Å²) in [5, 5.41) is 3.13. The van der Waals surface area contributed by atoms with Gasteiger partial charge in [-0.2, -0.15) is 0 Å². The third kappa shape index (κ3) is 4.78. The number of aromatic amines is 1. The highest BCUT2D eigenvalue weighted by Gasteiger charge is 2.31. The number of aryl methyl sites for hydroxylation is 1. The van der Waals surface area contributed by atoms with Gasteiger partial charge in [0.25, 0.3) is 0 Å². The van der Waals surface area contributed by atoms with Crippen LogP contribution >= 0.6 is 0 Å². The molecule has 0 bridgehead atoms. The van der Waals surface area contributed by atoms with Gasteiger partial charge in [0.05, 0.1) is 13.1 Å². The maximum Gasteiger partial charge on any atom is 0.573 e. The van der Waals surface area contributed by atoms with Gasteiger partial charge < -0.3 is 15.0 Å². The number of H-pyrrole nitrogens is 1. The number of aromatic nitrogens is 1. The van der Waals surface area contributed by atoms with Crippen LogP contribution in [0.3, 0.4) is 0 Å². The van der Waals surface area contributed by atoms with Gasteiger partial charge in [-0.15, -0.1) is 13.2 Å². The Balaban J connectivity index is 1.64. The normalized spacial score (nSPS) is 18.0. The molecular formula is C19H24F3N2O+. The highest BCUT2D eigenvalue weighted by atomic mass is 19.4. The number of fused-ring (bicyclic) bond motifs is 1. The zero-order valence-corrected chi connectivity index (χ0v) is 14.3. The van der Waals surface area contributed by atoms with Gasteiger partial charge in [-0.1, -0.05) is 12.2 Å². The first-order valence-electron chi connectivity index (χ1n) is 8.76. The molecule has 0 unspecified atom stereocenters. The number of nitrogens with one attached hydrogen (secondary N) is 1. The first-order chi connectivity index (χ1) is 11.9. The van der Waals surface area contributed by atoms with E-state index in [2.05, 4.69) is 27.2 Å². The van der Waals surface area contributed by atoms with Crippen LogP contribution in [0, 0.1) is 12.8 Å². The van der Waals surface area contributed by atoms with Crippen molar-refractivity contribution in [3.05, 3.63) is 41.6 Å². The number of halogens is 3. The molecule has 3 nitrogen and oxygen atoms in total. The first kappa shape index (κ1) is 17.9. The summed E-state index contributed by atoms with van der Waals surface area (Å²) in [5.41, 5.74) is 2.93. The van der Waals surface area contributed by atoms with E-state index < -0.39 is 6.36 Å². The predicted octanol–water partition coefficient (Wildman–Crippen LogP) is 3.84. The third-order valence-electron chi connectivity index (χ3n) is 4.80. The largest absolute Gasteiger partial charge is 0.573 e. The number of ether oxygens (including phenoxy) is 1. The topological polar surface area (TPSA) is 41.6 Å². The highest BCUT2D eigenvalue weighted by molar-refractivity contribution is 5.86. The molecule has 0 saturated heterocycles. The molecule has 0 spiro atoms. The van der Waals surface area contributed by atoms with Crippen LogP contribution in [-0.4, -0.2) is 24.4 Å². The smallest absolute Gasteiger partial charge is 0.406 e. The molecule has 0 aliphatic heterocycles. The Morgan fingerprint density at radius 2 is 2.12 bits per heavy atom. The van der Waals surface area contributed by atoms with Gasteiger partial charge in [0, 0.05) is 28.9 Å². The fraction of sp³-hybridized carbons (Fsp3) is 0.474. The molecule has 1 aliphatic carbocycles. The van der Waals surface area contributed by atoms with Crippen molar-refractivity contribution >= 4 is 10.9 Å². The summed E-state index contributed by atoms with van der Waals surface area (Å²) in [7, 11) is 0. The van der Waals surface area contributed by atoms with Gasteiger partial charge in [0.15, 0.2) is 0 Å². The van der Waals surface area contributed by atoms with E-state index in [4.69, 9.17) is 0 Å². The Labute approximate surface area is 145 Å². The number of alkyl halides is 3. The molecule has 0 fully saturated rings. The van der Waals surface area contributed by atoms with E-state index in [9.17, 15) is 13.2 Å². The lowest BCUT2D eigenvalue weighted by Crippen LogP contribution is -2.86. The molecule has 0 amide bonds. The zero-order valence-electron chi connectivity index (χ0n) is 14.3. The standard InChI is InChI=1S/C19H23F3N2O/c1-13-16(9-10-23-12-14-5-3-2-4-6-14)17-11-15(25-19(20,21)22)7-8-18(17)24-13/h2-3,7-8,11,14,23-24H,4-6,9-10,12H2,1H3/p+1/t14-/m1/s1. The Kier molecular flexibility index (Phi) is 5.37. The van der Waals surface area contributed by atoms with Gasteiger partial charge in [-0.25, -0.2) is 0 Å². The molecule has 1 heterocycles. The molecule has 6 heteroatoms. The summed E-state index contributed by atoms with van der Waals surface area (Å²) in [4.78, 5) is 3.25. The average molecular weight is 353 g/mol. The summed E-state index contributed by atoms with van der Waals surface area (Å²) in [6.45, 7) is 4.00. The molecule has 1 atom stereocenters. The number of nitrogens with two attached hydrogens (primary N) is 1. The zero-order chi connectivity index (χ0) is 17.9. The molecule has 1 aromatic carbocycles. The third-order valence-corrected chi connectivity index (χ3v) is 4.80. The molecule has 1 aromatic heterocycles. The summed E-state index contributed by atoms with van der Waals surface area (Å²) >= 11 is 0. The van der Waals surface area contributed by atoms with Crippen LogP contribution in [0.5, 0.6) is 5.75 Å². The summed E-state index contributed by atoms with van der Waals surface area (Å²) in [6, 6.07) is 4.47. The van der Waals surface area contributed by atoms with Crippen molar-refractivity contribution in [2.24, 2.45) is 5.92 Å². The second-order valence-corrected chi connectivity index (χ2v) is 6.70. The Morgan fingerprint density at radius 3 is 2.84 bits per heavy atom. The maximum absolute atomic E-state index is 12.4. The number of quaternary nitrogens is 1. The van der Waals surface area contributed by atoms with Crippen LogP contribution in [-0.2, 0) is 6.42 Å². The summed E-state index contributed by atoms with van der Waals surface area (Å²) in [5.74, 6) is 0.569. The molecule has 2 aromatic rings. The summed E-state index contributed by atoms with van der Waals surface area (Å²) in [6.07, 6.45) is 4.23.